The Kier molecular flexibility index (Phi) is 1.93. The second-order valence-electron chi connectivity index (χ2n) is 4.90. The number of nitrogens with zero attached hydrogens (tertiary/aromatic N) is 1. The molecule has 0 atom stereocenters. The lowest BCUT2D eigenvalue weighted by atomic mass is 10.1. The summed E-state index contributed by atoms with van der Waals surface area (Å²) in [6.45, 7) is 3.25. The van der Waals surface area contributed by atoms with Crippen LogP contribution >= 0.6 is 0 Å². The van der Waals surface area contributed by atoms with Crippen LogP contribution in [0.5, 0.6) is 0 Å². The van der Waals surface area contributed by atoms with Crippen LogP contribution in [0.3, 0.4) is 0 Å². The number of allylic oxidation sites excluding steroid dienone is 1. The highest BCUT2D eigenvalue weighted by Crippen LogP contribution is 2.35. The van der Waals surface area contributed by atoms with E-state index in [9.17, 15) is 0 Å². The summed E-state index contributed by atoms with van der Waals surface area (Å²) in [4.78, 5) is 0. The summed E-state index contributed by atoms with van der Waals surface area (Å²) in [6, 6.07) is 13.3. The van der Waals surface area contributed by atoms with Gasteiger partial charge in [-0.2, -0.15) is 0 Å². The lowest BCUT2D eigenvalue weighted by molar-refractivity contribution is 0.826. The number of rotatable bonds is 1. The summed E-state index contributed by atoms with van der Waals surface area (Å²) in [7, 11) is 0. The molecule has 1 heterocycles. The highest BCUT2D eigenvalue weighted by atomic mass is 15.0. The van der Waals surface area contributed by atoms with Gasteiger partial charge in [-0.1, -0.05) is 42.5 Å². The average Bonchev–Trinajstić information content (AvgIpc) is 3.00. The van der Waals surface area contributed by atoms with Gasteiger partial charge in [0.1, 0.15) is 0 Å². The second-order valence-corrected chi connectivity index (χ2v) is 4.90. The quantitative estimate of drug-likeness (QED) is 0.587. The summed E-state index contributed by atoms with van der Waals surface area (Å²) in [5, 5.41) is 2.76. The maximum atomic E-state index is 2.44. The Morgan fingerprint density at radius 2 is 1.94 bits per heavy atom. The zero-order valence-electron chi connectivity index (χ0n) is 10.5. The van der Waals surface area contributed by atoms with Gasteiger partial charge in [0.25, 0.3) is 0 Å². The van der Waals surface area contributed by atoms with Gasteiger partial charge in [-0.3, -0.25) is 0 Å². The van der Waals surface area contributed by atoms with E-state index in [-0.39, 0.29) is 0 Å². The summed E-state index contributed by atoms with van der Waals surface area (Å²) in [5.41, 5.74) is 5.64. The van der Waals surface area contributed by atoms with Gasteiger partial charge in [0.05, 0.1) is 5.52 Å². The normalized spacial score (nSPS) is 13.6. The van der Waals surface area contributed by atoms with Crippen LogP contribution in [0.2, 0.25) is 0 Å². The lowest BCUT2D eigenvalue weighted by Gasteiger charge is -2.07. The molecule has 0 unspecified atom stereocenters. The molecule has 2 aromatic carbocycles. The molecule has 0 saturated carbocycles. The third-order valence-corrected chi connectivity index (χ3v) is 4.00. The number of para-hydroxylation sites is 1. The molecule has 0 bridgehead atoms. The third kappa shape index (κ3) is 1.11. The smallest absolute Gasteiger partial charge is 0.0567 e. The zero-order valence-corrected chi connectivity index (χ0v) is 10.5. The van der Waals surface area contributed by atoms with Crippen molar-refractivity contribution in [3.05, 3.63) is 53.6 Å². The number of aryl methyl sites for hydroxylation is 1. The highest BCUT2D eigenvalue weighted by Gasteiger charge is 2.15. The Balaban J connectivity index is 2.31. The monoisotopic (exact) mass is 233 g/mol. The van der Waals surface area contributed by atoms with E-state index in [0.717, 1.165) is 13.0 Å². The van der Waals surface area contributed by atoms with E-state index in [1.165, 1.54) is 32.9 Å². The Hall–Kier alpha value is -2.02. The van der Waals surface area contributed by atoms with E-state index in [2.05, 4.69) is 60.0 Å². The first-order valence-electron chi connectivity index (χ1n) is 6.59. The van der Waals surface area contributed by atoms with Gasteiger partial charge in [-0.15, -0.1) is 0 Å². The largest absolute Gasteiger partial charge is 0.340 e. The van der Waals surface area contributed by atoms with Crippen LogP contribution in [0, 0.1) is 0 Å². The van der Waals surface area contributed by atoms with E-state index >= 15 is 0 Å². The highest BCUT2D eigenvalue weighted by molar-refractivity contribution is 6.11. The third-order valence-electron chi connectivity index (χ3n) is 4.00. The van der Waals surface area contributed by atoms with Crippen molar-refractivity contribution in [2.24, 2.45) is 0 Å². The second kappa shape index (κ2) is 3.49. The van der Waals surface area contributed by atoms with Gasteiger partial charge in [0.2, 0.25) is 0 Å². The van der Waals surface area contributed by atoms with Crippen LogP contribution in [0.1, 0.15) is 18.1 Å². The molecule has 0 spiro atoms. The molecule has 1 nitrogen and oxygen atoms in total. The molecule has 0 radical (unpaired) electrons. The predicted molar refractivity (Wildman–Crippen MR) is 77.9 cm³/mol. The molecular weight excluding hydrogens is 218 g/mol. The first kappa shape index (κ1) is 9.95. The summed E-state index contributed by atoms with van der Waals surface area (Å²) in [5.74, 6) is 0. The number of fused-ring (bicyclic) bond motifs is 5. The van der Waals surface area contributed by atoms with Crippen LogP contribution < -0.4 is 0 Å². The topological polar surface area (TPSA) is 4.93 Å². The van der Waals surface area contributed by atoms with Crippen LogP contribution in [-0.4, -0.2) is 4.57 Å². The van der Waals surface area contributed by atoms with E-state index in [1.54, 1.807) is 0 Å². The Morgan fingerprint density at radius 1 is 1.06 bits per heavy atom. The summed E-state index contributed by atoms with van der Waals surface area (Å²) >= 11 is 0. The Morgan fingerprint density at radius 3 is 2.83 bits per heavy atom. The maximum Gasteiger partial charge on any atom is 0.0567 e. The van der Waals surface area contributed by atoms with Crippen molar-refractivity contribution in [3.8, 4) is 0 Å². The minimum Gasteiger partial charge on any atom is -0.340 e. The van der Waals surface area contributed by atoms with Gasteiger partial charge in [-0.25, -0.2) is 0 Å². The van der Waals surface area contributed by atoms with E-state index in [0.29, 0.717) is 0 Å². The van der Waals surface area contributed by atoms with Gasteiger partial charge in [-0.05, 0) is 25.0 Å². The standard InChI is InChI=1S/C17H15N/c1-2-18-16-9-4-3-7-14(16)15-11-10-12-6-5-8-13(12)17(15)18/h3-5,7-11H,2,6H2,1H3. The fourth-order valence-electron chi connectivity index (χ4n) is 3.21. The molecule has 0 aliphatic heterocycles. The first-order valence-corrected chi connectivity index (χ1v) is 6.59. The van der Waals surface area contributed by atoms with Crippen molar-refractivity contribution in [2.75, 3.05) is 0 Å². The molecular formula is C17H15N. The molecule has 1 aliphatic carbocycles. The van der Waals surface area contributed by atoms with E-state index < -0.39 is 0 Å². The van der Waals surface area contributed by atoms with E-state index in [1.807, 2.05) is 0 Å². The van der Waals surface area contributed by atoms with Crippen LogP contribution in [-0.2, 0) is 13.0 Å². The SMILES string of the molecule is CCn1c2ccccc2c2ccc3c(c21)C=CC3. The maximum absolute atomic E-state index is 2.44. The van der Waals surface area contributed by atoms with Crippen LogP contribution in [0.4, 0.5) is 0 Å². The molecule has 4 rings (SSSR count). The summed E-state index contributed by atoms with van der Waals surface area (Å²) in [6.07, 6.45) is 5.63. The first-order chi connectivity index (χ1) is 8.90. The van der Waals surface area contributed by atoms with Gasteiger partial charge < -0.3 is 4.57 Å². The van der Waals surface area contributed by atoms with Crippen molar-refractivity contribution < 1.29 is 0 Å². The van der Waals surface area contributed by atoms with Crippen molar-refractivity contribution in [2.45, 2.75) is 19.9 Å². The molecule has 0 fully saturated rings. The van der Waals surface area contributed by atoms with Crippen LogP contribution in [0.15, 0.2) is 42.5 Å². The number of benzene rings is 2. The van der Waals surface area contributed by atoms with Crippen molar-refractivity contribution in [1.82, 2.24) is 4.57 Å². The van der Waals surface area contributed by atoms with Gasteiger partial charge in [0.15, 0.2) is 0 Å². The summed E-state index contributed by atoms with van der Waals surface area (Å²) < 4.78 is 2.44. The molecule has 0 N–H and O–H groups in total. The molecule has 0 saturated heterocycles. The van der Waals surface area contributed by atoms with Crippen molar-refractivity contribution in [3.63, 3.8) is 0 Å². The molecule has 1 aliphatic rings. The molecule has 3 aromatic rings. The molecule has 18 heavy (non-hydrogen) atoms. The minimum absolute atomic E-state index is 1.02. The number of hydrogen-bond donors (Lipinski definition) is 0. The molecule has 88 valence electrons. The Bertz CT molecular complexity index is 790. The average molecular weight is 233 g/mol. The molecule has 1 aromatic heterocycles. The van der Waals surface area contributed by atoms with Crippen LogP contribution in [0.25, 0.3) is 27.9 Å². The fourth-order valence-corrected chi connectivity index (χ4v) is 3.21. The van der Waals surface area contributed by atoms with Gasteiger partial charge >= 0.3 is 0 Å². The predicted octanol–water partition coefficient (Wildman–Crippen LogP) is 4.38. The zero-order chi connectivity index (χ0) is 12.1. The molecule has 0 amide bonds. The minimum atomic E-state index is 1.02. The van der Waals surface area contributed by atoms with Gasteiger partial charge in [0, 0.05) is 28.4 Å². The van der Waals surface area contributed by atoms with Crippen molar-refractivity contribution >= 4 is 27.9 Å². The fraction of sp³-hybridized carbons (Fsp3) is 0.176. The van der Waals surface area contributed by atoms with E-state index in [4.69, 9.17) is 0 Å². The number of aromatic nitrogens is 1. The lowest BCUT2D eigenvalue weighted by Crippen LogP contribution is -1.95. The van der Waals surface area contributed by atoms with Crippen molar-refractivity contribution in [1.29, 1.82) is 0 Å². The Labute approximate surface area is 106 Å². The molecule has 1 heteroatoms. The number of hydrogen-bond acceptors (Lipinski definition) is 0.